The van der Waals surface area contributed by atoms with Crippen molar-refractivity contribution in [2.45, 2.75) is 39.3 Å². The smallest absolute Gasteiger partial charge is 0.320 e. The van der Waals surface area contributed by atoms with E-state index < -0.39 is 11.7 Å². The monoisotopic (exact) mass is 540 g/mol. The number of piperidine rings is 1. The molecular formula is C30H29FN6O3. The van der Waals surface area contributed by atoms with E-state index in [0.29, 0.717) is 53.1 Å². The minimum absolute atomic E-state index is 0.000757. The van der Waals surface area contributed by atoms with Crippen molar-refractivity contribution in [2.75, 3.05) is 26.2 Å². The van der Waals surface area contributed by atoms with Crippen LogP contribution in [0.1, 0.15) is 43.0 Å². The summed E-state index contributed by atoms with van der Waals surface area (Å²) in [5.41, 5.74) is 4.61. The number of hydrogen-bond donors (Lipinski definition) is 0. The Morgan fingerprint density at radius 2 is 1.80 bits per heavy atom. The predicted octanol–water partition coefficient (Wildman–Crippen LogP) is 4.15. The molecule has 3 aliphatic rings. The highest BCUT2D eigenvalue weighted by Crippen LogP contribution is 2.40. The number of carbonyl (C=O) groups is 3. The summed E-state index contributed by atoms with van der Waals surface area (Å²) < 4.78 is 19.1. The molecule has 0 radical (unpaired) electrons. The molecule has 1 aromatic carbocycles. The maximum atomic E-state index is 15.2. The number of halogens is 1. The maximum absolute atomic E-state index is 15.2. The van der Waals surface area contributed by atoms with E-state index in [2.05, 4.69) is 9.55 Å². The third kappa shape index (κ3) is 3.81. The average molecular weight is 541 g/mol. The summed E-state index contributed by atoms with van der Waals surface area (Å²) in [5, 5.41) is 0.668. The molecule has 1 saturated heterocycles. The van der Waals surface area contributed by atoms with Gasteiger partial charge in [-0.25, -0.2) is 14.2 Å². The van der Waals surface area contributed by atoms with Gasteiger partial charge >= 0.3 is 6.03 Å². The van der Waals surface area contributed by atoms with Crippen LogP contribution in [0, 0.1) is 5.82 Å². The largest absolute Gasteiger partial charge is 0.345 e. The summed E-state index contributed by atoms with van der Waals surface area (Å²) >= 11 is 0. The van der Waals surface area contributed by atoms with E-state index in [4.69, 9.17) is 0 Å². The Kier molecular flexibility index (Phi) is 5.72. The molecule has 0 saturated carbocycles. The molecule has 3 aromatic heterocycles. The predicted molar refractivity (Wildman–Crippen MR) is 148 cm³/mol. The van der Waals surface area contributed by atoms with Gasteiger partial charge in [-0.05, 0) is 54.7 Å². The molecule has 0 spiro atoms. The molecule has 7 rings (SSSR count). The fourth-order valence-corrected chi connectivity index (χ4v) is 6.42. The third-order valence-corrected chi connectivity index (χ3v) is 8.34. The molecule has 40 heavy (non-hydrogen) atoms. The number of rotatable bonds is 2. The van der Waals surface area contributed by atoms with Crippen molar-refractivity contribution >= 4 is 45.5 Å². The van der Waals surface area contributed by atoms with Crippen LogP contribution in [0.15, 0.2) is 48.9 Å². The number of carbonyl (C=O) groups excluding carboxylic acids is 3. The van der Waals surface area contributed by atoms with Gasteiger partial charge < -0.3 is 14.4 Å². The maximum Gasteiger partial charge on any atom is 0.320 e. The Balaban J connectivity index is 1.37. The van der Waals surface area contributed by atoms with Crippen molar-refractivity contribution in [3.8, 4) is 0 Å². The van der Waals surface area contributed by atoms with Crippen LogP contribution < -0.4 is 0 Å². The SMILES string of the molecule is CC(=O)N1CC(c2cn3c4c(cc(F)cc24)CN(C(=O)N2CCCCC2)CC3)=C(c2cnc3ccccn23)C1=O. The zero-order valence-corrected chi connectivity index (χ0v) is 22.3. The second-order valence-electron chi connectivity index (χ2n) is 10.8. The van der Waals surface area contributed by atoms with E-state index in [1.807, 2.05) is 44.8 Å². The molecule has 4 amide bonds. The van der Waals surface area contributed by atoms with Crippen molar-refractivity contribution in [1.82, 2.24) is 28.7 Å². The van der Waals surface area contributed by atoms with E-state index in [-0.39, 0.29) is 18.5 Å². The number of imidazole rings is 1. The Morgan fingerprint density at radius 1 is 0.975 bits per heavy atom. The Morgan fingerprint density at radius 3 is 2.60 bits per heavy atom. The van der Waals surface area contributed by atoms with Crippen LogP contribution in [0.25, 0.3) is 27.7 Å². The highest BCUT2D eigenvalue weighted by molar-refractivity contribution is 6.34. The number of amides is 4. The normalized spacial score (nSPS) is 17.9. The number of fused-ring (bicyclic) bond motifs is 1. The molecule has 0 N–H and O–H groups in total. The number of aromatic nitrogens is 3. The number of urea groups is 1. The summed E-state index contributed by atoms with van der Waals surface area (Å²) in [6, 6.07) is 8.58. The zero-order chi connectivity index (χ0) is 27.5. The number of pyridine rings is 1. The van der Waals surface area contributed by atoms with Crippen LogP contribution >= 0.6 is 0 Å². The van der Waals surface area contributed by atoms with Gasteiger partial charge in [0.15, 0.2) is 0 Å². The summed E-state index contributed by atoms with van der Waals surface area (Å²) in [6.45, 7) is 4.32. The van der Waals surface area contributed by atoms with E-state index in [1.165, 1.54) is 24.0 Å². The van der Waals surface area contributed by atoms with Crippen LogP contribution in [0.2, 0.25) is 0 Å². The van der Waals surface area contributed by atoms with E-state index in [0.717, 1.165) is 43.4 Å². The summed E-state index contributed by atoms with van der Waals surface area (Å²) in [4.78, 5) is 48.8. The average Bonchev–Trinajstić information content (AvgIpc) is 3.60. The first-order valence-corrected chi connectivity index (χ1v) is 13.7. The van der Waals surface area contributed by atoms with Gasteiger partial charge in [-0.1, -0.05) is 6.07 Å². The van der Waals surface area contributed by atoms with Crippen LogP contribution in [0.3, 0.4) is 0 Å². The number of benzene rings is 1. The number of nitrogens with zero attached hydrogens (tertiary/aromatic N) is 6. The fourth-order valence-electron chi connectivity index (χ4n) is 6.42. The summed E-state index contributed by atoms with van der Waals surface area (Å²) in [6.07, 6.45) is 8.57. The second-order valence-corrected chi connectivity index (χ2v) is 10.8. The number of imide groups is 1. The van der Waals surface area contributed by atoms with Gasteiger partial charge in [-0.2, -0.15) is 0 Å². The molecular weight excluding hydrogens is 511 g/mol. The Hall–Kier alpha value is -4.47. The molecule has 10 heteroatoms. The molecule has 204 valence electrons. The summed E-state index contributed by atoms with van der Waals surface area (Å²) in [7, 11) is 0. The van der Waals surface area contributed by atoms with Gasteiger partial charge in [-0.3, -0.25) is 18.9 Å². The van der Waals surface area contributed by atoms with Crippen molar-refractivity contribution in [1.29, 1.82) is 0 Å². The standard InChI is InChI=1S/C30H29FN6O3/c1-19(38)37-18-24(27(29(37)39)25-15-32-26-7-3-6-10-36(25)26)23-17-34-11-12-35(30(40)33-8-4-2-5-9-33)16-20-13-21(31)14-22(23)28(20)34/h3,6-7,10,13-15,17H,2,4-5,8-9,11-12,16,18H2,1H3. The lowest BCUT2D eigenvalue weighted by Gasteiger charge is -2.32. The second kappa shape index (κ2) is 9.32. The molecule has 6 heterocycles. The lowest BCUT2D eigenvalue weighted by molar-refractivity contribution is -0.138. The van der Waals surface area contributed by atoms with E-state index >= 15 is 4.39 Å². The quantitative estimate of drug-likeness (QED) is 0.383. The molecule has 0 unspecified atom stereocenters. The third-order valence-electron chi connectivity index (χ3n) is 8.34. The highest BCUT2D eigenvalue weighted by Gasteiger charge is 2.37. The first-order chi connectivity index (χ1) is 19.4. The van der Waals surface area contributed by atoms with E-state index in [1.54, 1.807) is 6.20 Å². The van der Waals surface area contributed by atoms with Crippen LogP contribution in [-0.4, -0.2) is 72.7 Å². The van der Waals surface area contributed by atoms with Crippen LogP contribution in [0.4, 0.5) is 9.18 Å². The molecule has 3 aliphatic heterocycles. The first-order valence-electron chi connectivity index (χ1n) is 13.7. The van der Waals surface area contributed by atoms with Crippen molar-refractivity contribution in [3.05, 3.63) is 71.6 Å². The van der Waals surface area contributed by atoms with Crippen LogP contribution in [0.5, 0.6) is 0 Å². The molecule has 0 bridgehead atoms. The fraction of sp³-hybridized carbons (Fsp3) is 0.333. The zero-order valence-electron chi connectivity index (χ0n) is 22.3. The summed E-state index contributed by atoms with van der Waals surface area (Å²) in [5.74, 6) is -1.15. The van der Waals surface area contributed by atoms with E-state index in [9.17, 15) is 14.4 Å². The minimum atomic E-state index is -0.404. The number of hydrogen-bond acceptors (Lipinski definition) is 4. The minimum Gasteiger partial charge on any atom is -0.345 e. The van der Waals surface area contributed by atoms with Crippen LogP contribution in [-0.2, 0) is 22.7 Å². The van der Waals surface area contributed by atoms with Gasteiger partial charge in [0, 0.05) is 63.0 Å². The van der Waals surface area contributed by atoms with Crippen molar-refractivity contribution < 1.29 is 18.8 Å². The first kappa shape index (κ1) is 24.6. The van der Waals surface area contributed by atoms with Gasteiger partial charge in [0.1, 0.15) is 11.5 Å². The topological polar surface area (TPSA) is 83.2 Å². The van der Waals surface area contributed by atoms with Gasteiger partial charge in [0.2, 0.25) is 5.91 Å². The van der Waals surface area contributed by atoms with Gasteiger partial charge in [0.25, 0.3) is 5.91 Å². The highest BCUT2D eigenvalue weighted by atomic mass is 19.1. The van der Waals surface area contributed by atoms with Gasteiger partial charge in [0.05, 0.1) is 29.5 Å². The number of likely N-dealkylation sites (tertiary alicyclic amines) is 1. The van der Waals surface area contributed by atoms with Crippen molar-refractivity contribution in [3.63, 3.8) is 0 Å². The molecule has 1 fully saturated rings. The lowest BCUT2D eigenvalue weighted by atomic mass is 9.98. The Labute approximate surface area is 230 Å². The van der Waals surface area contributed by atoms with Gasteiger partial charge in [-0.15, -0.1) is 0 Å². The Bertz CT molecular complexity index is 1740. The molecule has 0 aliphatic carbocycles. The van der Waals surface area contributed by atoms with Crippen molar-refractivity contribution in [2.24, 2.45) is 0 Å². The molecule has 4 aromatic rings. The molecule has 0 atom stereocenters. The molecule has 9 nitrogen and oxygen atoms in total. The lowest BCUT2D eigenvalue weighted by Crippen LogP contribution is -2.45.